The first-order valence-corrected chi connectivity index (χ1v) is 8.90. The number of aromatic amines is 1. The molecule has 0 spiro atoms. The SMILES string of the molecule is Cc1c(-c2ccccc2)n[nH]c1C(=O)NC(c1cccs1)C(C)C. The minimum Gasteiger partial charge on any atom is -0.343 e. The summed E-state index contributed by atoms with van der Waals surface area (Å²) in [5, 5.41) is 12.4. The zero-order valence-corrected chi connectivity index (χ0v) is 14.9. The maximum absolute atomic E-state index is 12.7. The second kappa shape index (κ2) is 7.01. The number of nitrogens with zero attached hydrogens (tertiary/aromatic N) is 1. The number of hydrogen-bond donors (Lipinski definition) is 2. The molecule has 5 heteroatoms. The predicted molar refractivity (Wildman–Crippen MR) is 98.1 cm³/mol. The third-order valence-electron chi connectivity index (χ3n) is 4.09. The van der Waals surface area contributed by atoms with E-state index in [1.807, 2.05) is 48.7 Å². The number of hydrogen-bond acceptors (Lipinski definition) is 3. The lowest BCUT2D eigenvalue weighted by Gasteiger charge is -2.21. The topological polar surface area (TPSA) is 57.8 Å². The van der Waals surface area contributed by atoms with E-state index in [9.17, 15) is 4.79 Å². The Morgan fingerprint density at radius 3 is 2.54 bits per heavy atom. The summed E-state index contributed by atoms with van der Waals surface area (Å²) in [6.07, 6.45) is 0. The Kier molecular flexibility index (Phi) is 4.81. The van der Waals surface area contributed by atoms with Gasteiger partial charge in [-0.3, -0.25) is 9.89 Å². The molecule has 0 saturated heterocycles. The van der Waals surface area contributed by atoms with Crippen molar-refractivity contribution in [3.05, 3.63) is 64.0 Å². The van der Waals surface area contributed by atoms with Crippen LogP contribution in [0, 0.1) is 12.8 Å². The van der Waals surface area contributed by atoms with Gasteiger partial charge in [0.25, 0.3) is 5.91 Å². The molecule has 2 N–H and O–H groups in total. The highest BCUT2D eigenvalue weighted by Gasteiger charge is 2.23. The lowest BCUT2D eigenvalue weighted by Crippen LogP contribution is -2.31. The summed E-state index contributed by atoms with van der Waals surface area (Å²) in [6, 6.07) is 14.0. The van der Waals surface area contributed by atoms with Crippen LogP contribution in [0.15, 0.2) is 47.8 Å². The highest BCUT2D eigenvalue weighted by atomic mass is 32.1. The van der Waals surface area contributed by atoms with Crippen molar-refractivity contribution in [1.82, 2.24) is 15.5 Å². The minimum atomic E-state index is -0.116. The Hall–Kier alpha value is -2.40. The van der Waals surface area contributed by atoms with Crippen molar-refractivity contribution in [3.63, 3.8) is 0 Å². The largest absolute Gasteiger partial charge is 0.343 e. The summed E-state index contributed by atoms with van der Waals surface area (Å²) in [7, 11) is 0. The summed E-state index contributed by atoms with van der Waals surface area (Å²) < 4.78 is 0. The van der Waals surface area contributed by atoms with Crippen LogP contribution in [0.5, 0.6) is 0 Å². The first-order valence-electron chi connectivity index (χ1n) is 8.02. The molecule has 3 rings (SSSR count). The first kappa shape index (κ1) is 16.5. The minimum absolute atomic E-state index is 0.000347. The number of carbonyl (C=O) groups excluding carboxylic acids is 1. The molecule has 1 atom stereocenters. The summed E-state index contributed by atoms with van der Waals surface area (Å²) in [5.74, 6) is 0.193. The van der Waals surface area contributed by atoms with E-state index in [4.69, 9.17) is 0 Å². The number of nitrogens with one attached hydrogen (secondary N) is 2. The first-order chi connectivity index (χ1) is 11.6. The van der Waals surface area contributed by atoms with Gasteiger partial charge in [0, 0.05) is 16.0 Å². The molecule has 0 fully saturated rings. The van der Waals surface area contributed by atoms with Gasteiger partial charge in [0.2, 0.25) is 0 Å². The Morgan fingerprint density at radius 2 is 1.92 bits per heavy atom. The van der Waals surface area contributed by atoms with E-state index >= 15 is 0 Å². The number of aromatic nitrogens is 2. The van der Waals surface area contributed by atoms with Crippen LogP contribution in [0.25, 0.3) is 11.3 Å². The van der Waals surface area contributed by atoms with Crippen LogP contribution in [0.2, 0.25) is 0 Å². The third kappa shape index (κ3) is 3.26. The monoisotopic (exact) mass is 339 g/mol. The fourth-order valence-electron chi connectivity index (χ4n) is 2.74. The Labute approximate surface area is 145 Å². The van der Waals surface area contributed by atoms with Gasteiger partial charge >= 0.3 is 0 Å². The molecular weight excluding hydrogens is 318 g/mol. The molecule has 2 aromatic heterocycles. The van der Waals surface area contributed by atoms with Gasteiger partial charge in [0.15, 0.2) is 0 Å². The van der Waals surface area contributed by atoms with Crippen molar-refractivity contribution in [2.75, 3.05) is 0 Å². The van der Waals surface area contributed by atoms with Crippen LogP contribution >= 0.6 is 11.3 Å². The van der Waals surface area contributed by atoms with Gasteiger partial charge < -0.3 is 5.32 Å². The molecule has 0 aliphatic rings. The lowest BCUT2D eigenvalue weighted by atomic mass is 10.0. The molecule has 1 aromatic carbocycles. The fraction of sp³-hybridized carbons (Fsp3) is 0.263. The third-order valence-corrected chi connectivity index (χ3v) is 5.04. The van der Waals surface area contributed by atoms with Crippen molar-refractivity contribution >= 4 is 17.2 Å². The molecule has 3 aromatic rings. The normalized spacial score (nSPS) is 12.3. The van der Waals surface area contributed by atoms with Crippen LogP contribution < -0.4 is 5.32 Å². The van der Waals surface area contributed by atoms with Gasteiger partial charge in [-0.15, -0.1) is 11.3 Å². The molecule has 124 valence electrons. The summed E-state index contributed by atoms with van der Waals surface area (Å²) in [6.45, 7) is 6.15. The number of amides is 1. The van der Waals surface area contributed by atoms with Crippen LogP contribution in [0.4, 0.5) is 0 Å². The van der Waals surface area contributed by atoms with Gasteiger partial charge in [-0.25, -0.2) is 0 Å². The van der Waals surface area contributed by atoms with Crippen molar-refractivity contribution in [2.24, 2.45) is 5.92 Å². The van der Waals surface area contributed by atoms with Crippen LogP contribution in [-0.4, -0.2) is 16.1 Å². The van der Waals surface area contributed by atoms with Crippen LogP contribution in [-0.2, 0) is 0 Å². The molecule has 0 aliphatic carbocycles. The number of carbonyl (C=O) groups is 1. The van der Waals surface area contributed by atoms with Gasteiger partial charge in [-0.2, -0.15) is 5.10 Å². The van der Waals surface area contributed by atoms with E-state index < -0.39 is 0 Å². The highest BCUT2D eigenvalue weighted by Crippen LogP contribution is 2.27. The zero-order valence-electron chi connectivity index (χ0n) is 14.0. The number of rotatable bonds is 5. The molecular formula is C19H21N3OS. The molecule has 1 amide bonds. The van der Waals surface area contributed by atoms with E-state index in [-0.39, 0.29) is 11.9 Å². The second-order valence-electron chi connectivity index (χ2n) is 6.15. The molecule has 24 heavy (non-hydrogen) atoms. The van der Waals surface area contributed by atoms with Gasteiger partial charge in [0.05, 0.1) is 11.7 Å². The highest BCUT2D eigenvalue weighted by molar-refractivity contribution is 7.10. The average molecular weight is 339 g/mol. The van der Waals surface area contributed by atoms with E-state index in [2.05, 4.69) is 35.4 Å². The second-order valence-corrected chi connectivity index (χ2v) is 7.13. The van der Waals surface area contributed by atoms with Crippen molar-refractivity contribution in [3.8, 4) is 11.3 Å². The smallest absolute Gasteiger partial charge is 0.270 e. The lowest BCUT2D eigenvalue weighted by molar-refractivity contribution is 0.0921. The van der Waals surface area contributed by atoms with Crippen LogP contribution in [0.3, 0.4) is 0 Å². The summed E-state index contributed by atoms with van der Waals surface area (Å²) in [4.78, 5) is 13.9. The predicted octanol–water partition coefficient (Wildman–Crippen LogP) is 4.57. The van der Waals surface area contributed by atoms with Crippen molar-refractivity contribution < 1.29 is 4.79 Å². The summed E-state index contributed by atoms with van der Waals surface area (Å²) in [5.41, 5.74) is 3.21. The molecule has 0 saturated carbocycles. The maximum Gasteiger partial charge on any atom is 0.270 e. The molecule has 1 unspecified atom stereocenters. The molecule has 4 nitrogen and oxygen atoms in total. The maximum atomic E-state index is 12.7. The van der Waals surface area contributed by atoms with E-state index in [1.165, 1.54) is 4.88 Å². The van der Waals surface area contributed by atoms with Crippen molar-refractivity contribution in [1.29, 1.82) is 0 Å². The fourth-order valence-corrected chi connectivity index (χ4v) is 3.69. The number of benzene rings is 1. The Balaban J connectivity index is 1.84. The molecule has 0 aliphatic heterocycles. The average Bonchev–Trinajstić information content (AvgIpc) is 3.22. The zero-order chi connectivity index (χ0) is 17.1. The van der Waals surface area contributed by atoms with Crippen molar-refractivity contribution in [2.45, 2.75) is 26.8 Å². The molecule has 0 bridgehead atoms. The molecule has 0 radical (unpaired) electrons. The van der Waals surface area contributed by atoms with E-state index in [0.717, 1.165) is 16.8 Å². The van der Waals surface area contributed by atoms with E-state index in [1.54, 1.807) is 11.3 Å². The number of thiophene rings is 1. The molecule has 2 heterocycles. The quantitative estimate of drug-likeness (QED) is 0.715. The van der Waals surface area contributed by atoms with Gasteiger partial charge in [-0.1, -0.05) is 50.2 Å². The summed E-state index contributed by atoms with van der Waals surface area (Å²) >= 11 is 1.66. The van der Waals surface area contributed by atoms with Gasteiger partial charge in [-0.05, 0) is 24.3 Å². The standard InChI is InChI=1S/C19H21N3OS/c1-12(2)16(15-10-7-11-24-15)20-19(23)18-13(3)17(21-22-18)14-8-5-4-6-9-14/h4-12,16H,1-3H3,(H,20,23)(H,21,22). The number of H-pyrrole nitrogens is 1. The van der Waals surface area contributed by atoms with Crippen LogP contribution in [0.1, 0.15) is 40.8 Å². The Bertz CT molecular complexity index is 807. The Morgan fingerprint density at radius 1 is 1.17 bits per heavy atom. The van der Waals surface area contributed by atoms with Gasteiger partial charge in [0.1, 0.15) is 5.69 Å². The van der Waals surface area contributed by atoms with E-state index in [0.29, 0.717) is 11.6 Å².